The molecule has 2 saturated heterocycles. The maximum absolute atomic E-state index is 11.7. The van der Waals surface area contributed by atoms with Gasteiger partial charge in [0, 0.05) is 31.0 Å². The molecule has 1 aliphatic carbocycles. The molecule has 3 atom stereocenters. The van der Waals surface area contributed by atoms with Gasteiger partial charge >= 0.3 is 0 Å². The number of carbonyl (C=O) groups is 1. The van der Waals surface area contributed by atoms with Crippen LogP contribution in [0.5, 0.6) is 0 Å². The molecule has 3 rings (SSSR count). The summed E-state index contributed by atoms with van der Waals surface area (Å²) in [5.41, 5.74) is 0.518. The van der Waals surface area contributed by atoms with Crippen LogP contribution >= 0.6 is 0 Å². The number of fused-ring (bicyclic) bond motifs is 2. The molecule has 0 amide bonds. The molecule has 2 heterocycles. The van der Waals surface area contributed by atoms with E-state index in [1.54, 1.807) is 0 Å². The largest absolute Gasteiger partial charge is 0.300 e. The fourth-order valence-electron chi connectivity index (χ4n) is 4.51. The van der Waals surface area contributed by atoms with Crippen LogP contribution < -0.4 is 0 Å². The molecular weight excluding hydrogens is 210 g/mol. The SMILES string of the molecule is CC1(C)CCCC(N2C3CCC2CC(=O)C3)C1. The lowest BCUT2D eigenvalue weighted by atomic mass is 9.74. The molecule has 0 aromatic heterocycles. The van der Waals surface area contributed by atoms with Gasteiger partial charge in [0.15, 0.2) is 0 Å². The monoisotopic (exact) mass is 235 g/mol. The van der Waals surface area contributed by atoms with Crippen LogP contribution in [0.15, 0.2) is 0 Å². The van der Waals surface area contributed by atoms with E-state index in [9.17, 15) is 4.79 Å². The number of ketones is 1. The molecule has 96 valence electrons. The van der Waals surface area contributed by atoms with Crippen LogP contribution in [0.1, 0.15) is 65.2 Å². The Kier molecular flexibility index (Phi) is 2.81. The Morgan fingerprint density at radius 1 is 1.06 bits per heavy atom. The summed E-state index contributed by atoms with van der Waals surface area (Å²) in [6, 6.07) is 1.96. The number of hydrogen-bond donors (Lipinski definition) is 0. The Labute approximate surface area is 105 Å². The molecule has 0 spiro atoms. The number of Topliss-reactive ketones (excluding diaryl/α,β-unsaturated/α-hetero) is 1. The second-order valence-corrected chi connectivity index (χ2v) is 7.19. The molecule has 3 aliphatic rings. The Morgan fingerprint density at radius 3 is 2.29 bits per heavy atom. The summed E-state index contributed by atoms with van der Waals surface area (Å²) in [6.45, 7) is 4.83. The van der Waals surface area contributed by atoms with Gasteiger partial charge in [-0.15, -0.1) is 0 Å². The van der Waals surface area contributed by atoms with Crippen LogP contribution in [-0.4, -0.2) is 28.8 Å². The van der Waals surface area contributed by atoms with Crippen LogP contribution in [0.25, 0.3) is 0 Å². The molecule has 3 fully saturated rings. The smallest absolute Gasteiger partial charge is 0.136 e. The third-order valence-corrected chi connectivity index (χ3v) is 5.20. The zero-order valence-corrected chi connectivity index (χ0v) is 11.2. The predicted molar refractivity (Wildman–Crippen MR) is 68.9 cm³/mol. The molecule has 2 nitrogen and oxygen atoms in total. The Balaban J connectivity index is 1.74. The first kappa shape index (κ1) is 11.7. The Bertz CT molecular complexity index is 307. The lowest BCUT2D eigenvalue weighted by Crippen LogP contribution is -2.51. The summed E-state index contributed by atoms with van der Waals surface area (Å²) in [4.78, 5) is 14.4. The van der Waals surface area contributed by atoms with Gasteiger partial charge in [0.25, 0.3) is 0 Å². The van der Waals surface area contributed by atoms with Crippen molar-refractivity contribution in [2.45, 2.75) is 83.3 Å². The lowest BCUT2D eigenvalue weighted by molar-refractivity contribution is -0.125. The van der Waals surface area contributed by atoms with E-state index >= 15 is 0 Å². The minimum absolute atomic E-state index is 0.517. The molecule has 0 N–H and O–H groups in total. The van der Waals surface area contributed by atoms with Crippen molar-refractivity contribution in [3.8, 4) is 0 Å². The van der Waals surface area contributed by atoms with Gasteiger partial charge in [0.05, 0.1) is 0 Å². The molecule has 3 unspecified atom stereocenters. The summed E-state index contributed by atoms with van der Waals surface area (Å²) >= 11 is 0. The van der Waals surface area contributed by atoms with Crippen LogP contribution in [0.4, 0.5) is 0 Å². The predicted octanol–water partition coefficient (Wildman–Crippen LogP) is 3.15. The van der Waals surface area contributed by atoms with Gasteiger partial charge in [-0.2, -0.15) is 0 Å². The van der Waals surface area contributed by atoms with Crippen molar-refractivity contribution in [1.29, 1.82) is 0 Å². The third-order valence-electron chi connectivity index (χ3n) is 5.20. The average Bonchev–Trinajstić information content (AvgIpc) is 2.50. The summed E-state index contributed by atoms with van der Waals surface area (Å²) in [5, 5.41) is 0. The van der Waals surface area contributed by atoms with Crippen molar-refractivity contribution < 1.29 is 4.79 Å². The maximum Gasteiger partial charge on any atom is 0.136 e. The van der Waals surface area contributed by atoms with Gasteiger partial charge in [-0.05, 0) is 37.5 Å². The van der Waals surface area contributed by atoms with Crippen molar-refractivity contribution >= 4 is 5.78 Å². The van der Waals surface area contributed by atoms with Gasteiger partial charge in [-0.25, -0.2) is 0 Å². The Morgan fingerprint density at radius 2 is 1.71 bits per heavy atom. The van der Waals surface area contributed by atoms with Crippen molar-refractivity contribution in [2.24, 2.45) is 5.41 Å². The number of nitrogens with zero attached hydrogens (tertiary/aromatic N) is 1. The Hall–Kier alpha value is -0.370. The second kappa shape index (κ2) is 4.08. The summed E-state index contributed by atoms with van der Waals surface area (Å²) in [6.07, 6.45) is 9.69. The van der Waals surface area contributed by atoms with Crippen molar-refractivity contribution in [3.63, 3.8) is 0 Å². The van der Waals surface area contributed by atoms with Crippen LogP contribution in [0, 0.1) is 5.41 Å². The normalized spacial score (nSPS) is 41.8. The van der Waals surface area contributed by atoms with Crippen molar-refractivity contribution in [3.05, 3.63) is 0 Å². The first-order valence-corrected chi connectivity index (χ1v) is 7.34. The molecule has 17 heavy (non-hydrogen) atoms. The zero-order chi connectivity index (χ0) is 12.0. The topological polar surface area (TPSA) is 20.3 Å². The number of carbonyl (C=O) groups excluding carboxylic acids is 1. The van der Waals surface area contributed by atoms with Gasteiger partial charge < -0.3 is 0 Å². The number of rotatable bonds is 1. The molecular formula is C15H25NO. The van der Waals surface area contributed by atoms with Gasteiger partial charge in [0.1, 0.15) is 5.78 Å². The third kappa shape index (κ3) is 2.16. The highest BCUT2D eigenvalue weighted by Gasteiger charge is 2.45. The molecule has 1 saturated carbocycles. The quantitative estimate of drug-likeness (QED) is 0.696. The van der Waals surface area contributed by atoms with Crippen LogP contribution in [-0.2, 0) is 4.79 Å². The molecule has 2 heteroatoms. The average molecular weight is 235 g/mol. The highest BCUT2D eigenvalue weighted by atomic mass is 16.1. The first-order valence-electron chi connectivity index (χ1n) is 7.34. The summed E-state index contributed by atoms with van der Waals surface area (Å²) in [5.74, 6) is 0.517. The highest BCUT2D eigenvalue weighted by Crippen LogP contribution is 2.43. The van der Waals surface area contributed by atoms with E-state index in [-0.39, 0.29) is 0 Å². The van der Waals surface area contributed by atoms with E-state index in [0.717, 1.165) is 18.9 Å². The first-order chi connectivity index (χ1) is 8.05. The summed E-state index contributed by atoms with van der Waals surface area (Å²) in [7, 11) is 0. The van der Waals surface area contributed by atoms with E-state index in [1.807, 2.05) is 0 Å². The molecule has 0 aromatic rings. The van der Waals surface area contributed by atoms with Gasteiger partial charge in [0.2, 0.25) is 0 Å². The number of piperidine rings is 1. The lowest BCUT2D eigenvalue weighted by Gasteiger charge is -2.46. The molecule has 0 radical (unpaired) electrons. The minimum Gasteiger partial charge on any atom is -0.300 e. The fraction of sp³-hybridized carbons (Fsp3) is 0.933. The van der Waals surface area contributed by atoms with E-state index in [0.29, 0.717) is 23.3 Å². The van der Waals surface area contributed by atoms with E-state index in [4.69, 9.17) is 0 Å². The summed E-state index contributed by atoms with van der Waals surface area (Å²) < 4.78 is 0. The number of hydrogen-bond acceptors (Lipinski definition) is 2. The van der Waals surface area contributed by atoms with Gasteiger partial charge in [-0.1, -0.05) is 20.3 Å². The van der Waals surface area contributed by atoms with Crippen LogP contribution in [0.3, 0.4) is 0 Å². The highest BCUT2D eigenvalue weighted by molar-refractivity contribution is 5.81. The van der Waals surface area contributed by atoms with E-state index < -0.39 is 0 Å². The van der Waals surface area contributed by atoms with Crippen molar-refractivity contribution in [1.82, 2.24) is 4.90 Å². The van der Waals surface area contributed by atoms with Crippen molar-refractivity contribution in [2.75, 3.05) is 0 Å². The van der Waals surface area contributed by atoms with Gasteiger partial charge in [-0.3, -0.25) is 9.69 Å². The maximum atomic E-state index is 11.7. The van der Waals surface area contributed by atoms with E-state index in [1.165, 1.54) is 38.5 Å². The zero-order valence-electron chi connectivity index (χ0n) is 11.2. The minimum atomic E-state index is 0.517. The van der Waals surface area contributed by atoms with E-state index in [2.05, 4.69) is 18.7 Å². The molecule has 2 aliphatic heterocycles. The molecule has 2 bridgehead atoms. The molecule has 0 aromatic carbocycles. The van der Waals surface area contributed by atoms with Crippen LogP contribution in [0.2, 0.25) is 0 Å². The second-order valence-electron chi connectivity index (χ2n) is 7.19. The standard InChI is InChI=1S/C15H25NO/c1-15(2)7-3-4-13(10-15)16-11-5-6-12(16)9-14(17)8-11/h11-13H,3-10H2,1-2H3. The fourth-order valence-corrected chi connectivity index (χ4v) is 4.51.